The third-order valence-corrected chi connectivity index (χ3v) is 5.15. The van der Waals surface area contributed by atoms with E-state index < -0.39 is 12.0 Å². The van der Waals surface area contributed by atoms with Gasteiger partial charge in [0.15, 0.2) is 0 Å². The van der Waals surface area contributed by atoms with E-state index >= 15 is 0 Å². The van der Waals surface area contributed by atoms with E-state index in [0.29, 0.717) is 24.4 Å². The van der Waals surface area contributed by atoms with Crippen molar-refractivity contribution >= 4 is 11.7 Å². The Hall–Kier alpha value is -2.23. The highest BCUT2D eigenvalue weighted by atomic mass is 19.4. The first-order valence-electron chi connectivity index (χ1n) is 9.52. The number of halogens is 3. The van der Waals surface area contributed by atoms with Crippen molar-refractivity contribution in [2.75, 3.05) is 19.6 Å². The molecule has 154 valence electrons. The molecule has 0 saturated carbocycles. The van der Waals surface area contributed by atoms with Crippen molar-refractivity contribution in [1.29, 1.82) is 0 Å². The lowest BCUT2D eigenvalue weighted by atomic mass is 10.1. The molecule has 2 aromatic rings. The maximum atomic E-state index is 12.9. The average Bonchev–Trinajstić information content (AvgIpc) is 3.28. The van der Waals surface area contributed by atoms with Crippen LogP contribution in [-0.4, -0.2) is 56.1 Å². The van der Waals surface area contributed by atoms with Crippen LogP contribution in [0.2, 0.25) is 0 Å². The molecule has 1 aliphatic rings. The van der Waals surface area contributed by atoms with Gasteiger partial charge in [0, 0.05) is 36.9 Å². The lowest BCUT2D eigenvalue weighted by Crippen LogP contribution is -2.42. The van der Waals surface area contributed by atoms with Gasteiger partial charge in [-0.2, -0.15) is 18.2 Å². The summed E-state index contributed by atoms with van der Waals surface area (Å²) in [6, 6.07) is 0.208. The minimum atomic E-state index is -4.62. The Labute approximate surface area is 161 Å². The largest absolute Gasteiger partial charge is 0.453 e. The molecule has 0 aromatic carbocycles. The van der Waals surface area contributed by atoms with Crippen molar-refractivity contribution in [1.82, 2.24) is 29.8 Å². The molecule has 1 unspecified atom stereocenters. The van der Waals surface area contributed by atoms with Crippen molar-refractivity contribution in [2.24, 2.45) is 0 Å². The van der Waals surface area contributed by atoms with Gasteiger partial charge >= 0.3 is 6.18 Å². The van der Waals surface area contributed by atoms with Gasteiger partial charge in [-0.15, -0.1) is 5.10 Å². The summed E-state index contributed by atoms with van der Waals surface area (Å²) in [4.78, 5) is 22.4. The Morgan fingerprint density at radius 2 is 2.07 bits per heavy atom. The smallest absolute Gasteiger partial charge is 0.338 e. The number of alkyl halides is 3. The summed E-state index contributed by atoms with van der Waals surface area (Å²) in [5.41, 5.74) is 1.84. The summed E-state index contributed by atoms with van der Waals surface area (Å²) in [6.45, 7) is 7.86. The number of fused-ring (bicyclic) bond motifs is 1. The van der Waals surface area contributed by atoms with Crippen LogP contribution < -0.4 is 5.32 Å². The molecule has 1 N–H and O–H groups in total. The zero-order chi connectivity index (χ0) is 20.5. The Morgan fingerprint density at radius 3 is 2.68 bits per heavy atom. The van der Waals surface area contributed by atoms with Crippen LogP contribution in [0.1, 0.15) is 49.0 Å². The molecule has 1 aliphatic heterocycles. The SMILES string of the molecule is CCCN(C(=O)CCc1c(C)nc2nc(C(F)(F)F)nn2c1C)C1CCNC1. The Balaban J connectivity index is 1.80. The van der Waals surface area contributed by atoms with E-state index in [9.17, 15) is 18.0 Å². The first-order chi connectivity index (χ1) is 13.2. The van der Waals surface area contributed by atoms with Crippen LogP contribution in [0, 0.1) is 13.8 Å². The first kappa shape index (κ1) is 20.5. The highest BCUT2D eigenvalue weighted by molar-refractivity contribution is 5.77. The normalized spacial score (nSPS) is 17.4. The van der Waals surface area contributed by atoms with Crippen LogP contribution in [0.25, 0.3) is 5.78 Å². The van der Waals surface area contributed by atoms with E-state index in [4.69, 9.17) is 0 Å². The highest BCUT2D eigenvalue weighted by Gasteiger charge is 2.37. The molecule has 10 heteroatoms. The summed E-state index contributed by atoms with van der Waals surface area (Å²) < 4.78 is 39.8. The van der Waals surface area contributed by atoms with Gasteiger partial charge < -0.3 is 10.2 Å². The van der Waals surface area contributed by atoms with Crippen LogP contribution in [0.15, 0.2) is 0 Å². The number of hydrogen-bond acceptors (Lipinski definition) is 5. The van der Waals surface area contributed by atoms with Gasteiger partial charge in [-0.3, -0.25) is 4.79 Å². The molecule has 0 aliphatic carbocycles. The van der Waals surface area contributed by atoms with E-state index in [1.54, 1.807) is 13.8 Å². The number of nitrogens with one attached hydrogen (secondary N) is 1. The zero-order valence-electron chi connectivity index (χ0n) is 16.3. The Morgan fingerprint density at radius 1 is 1.32 bits per heavy atom. The van der Waals surface area contributed by atoms with E-state index in [0.717, 1.165) is 36.0 Å². The van der Waals surface area contributed by atoms with Gasteiger partial charge in [0.2, 0.25) is 5.91 Å². The quantitative estimate of drug-likeness (QED) is 0.808. The molecule has 1 fully saturated rings. The molecular formula is C18H25F3N6O. The second-order valence-electron chi connectivity index (χ2n) is 7.14. The van der Waals surface area contributed by atoms with Crippen LogP contribution in [0.3, 0.4) is 0 Å². The van der Waals surface area contributed by atoms with E-state index in [1.165, 1.54) is 0 Å². The van der Waals surface area contributed by atoms with Gasteiger partial charge in [-0.05, 0) is 45.2 Å². The summed E-state index contributed by atoms with van der Waals surface area (Å²) >= 11 is 0. The molecule has 1 amide bonds. The third kappa shape index (κ3) is 4.11. The molecule has 1 saturated heterocycles. The van der Waals surface area contributed by atoms with Crippen molar-refractivity contribution in [3.05, 3.63) is 22.8 Å². The van der Waals surface area contributed by atoms with Crippen LogP contribution in [-0.2, 0) is 17.4 Å². The molecule has 7 nitrogen and oxygen atoms in total. The van der Waals surface area contributed by atoms with Gasteiger partial charge in [0.1, 0.15) is 0 Å². The van der Waals surface area contributed by atoms with Crippen LogP contribution in [0.5, 0.6) is 0 Å². The van der Waals surface area contributed by atoms with Gasteiger partial charge in [0.05, 0.1) is 0 Å². The predicted octanol–water partition coefficient (Wildman–Crippen LogP) is 2.29. The first-order valence-corrected chi connectivity index (χ1v) is 9.52. The lowest BCUT2D eigenvalue weighted by molar-refractivity contribution is -0.144. The lowest BCUT2D eigenvalue weighted by Gasteiger charge is -2.28. The van der Waals surface area contributed by atoms with E-state index in [2.05, 4.69) is 20.4 Å². The summed E-state index contributed by atoms with van der Waals surface area (Å²) in [5, 5.41) is 6.83. The molecule has 3 heterocycles. The van der Waals surface area contributed by atoms with Crippen LogP contribution in [0.4, 0.5) is 13.2 Å². The predicted molar refractivity (Wildman–Crippen MR) is 96.9 cm³/mol. The summed E-state index contributed by atoms with van der Waals surface area (Å²) in [6.07, 6.45) is -2.11. The fraction of sp³-hybridized carbons (Fsp3) is 0.667. The second-order valence-corrected chi connectivity index (χ2v) is 7.14. The van der Waals surface area contributed by atoms with Gasteiger partial charge in [-0.25, -0.2) is 9.50 Å². The monoisotopic (exact) mass is 398 g/mol. The molecule has 2 aromatic heterocycles. The molecule has 1 atom stereocenters. The summed E-state index contributed by atoms with van der Waals surface area (Å²) in [7, 11) is 0. The van der Waals surface area contributed by atoms with Gasteiger partial charge in [-0.1, -0.05) is 6.92 Å². The van der Waals surface area contributed by atoms with Crippen molar-refractivity contribution < 1.29 is 18.0 Å². The molecule has 3 rings (SSSR count). The summed E-state index contributed by atoms with van der Waals surface area (Å²) in [5.74, 6) is -1.23. The Kier molecular flexibility index (Phi) is 5.87. The average molecular weight is 398 g/mol. The fourth-order valence-electron chi connectivity index (χ4n) is 3.72. The maximum Gasteiger partial charge on any atom is 0.453 e. The minimum Gasteiger partial charge on any atom is -0.338 e. The second kappa shape index (κ2) is 8.02. The van der Waals surface area contributed by atoms with Gasteiger partial charge in [0.25, 0.3) is 11.6 Å². The third-order valence-electron chi connectivity index (χ3n) is 5.15. The number of amides is 1. The highest BCUT2D eigenvalue weighted by Crippen LogP contribution is 2.27. The number of carbonyl (C=O) groups excluding carboxylic acids is 1. The molecule has 0 radical (unpaired) electrons. The van der Waals surface area contributed by atoms with Crippen LogP contribution >= 0.6 is 0 Å². The molecular weight excluding hydrogens is 373 g/mol. The topological polar surface area (TPSA) is 75.4 Å². The number of aryl methyl sites for hydroxylation is 2. The molecule has 0 bridgehead atoms. The van der Waals surface area contributed by atoms with E-state index in [-0.39, 0.29) is 24.1 Å². The molecule has 0 spiro atoms. The standard InChI is InChI=1S/C18H25F3N6O/c1-4-9-26(13-7-8-22-10-13)15(28)6-5-14-11(2)23-17-24-16(18(19,20)21)25-27(17)12(14)3/h13,22H,4-10H2,1-3H3. The minimum absolute atomic E-state index is 0.0593. The number of rotatable bonds is 6. The number of carbonyl (C=O) groups is 1. The molecule has 28 heavy (non-hydrogen) atoms. The number of aromatic nitrogens is 4. The zero-order valence-corrected chi connectivity index (χ0v) is 16.3. The van der Waals surface area contributed by atoms with Crippen molar-refractivity contribution in [2.45, 2.75) is 58.7 Å². The maximum absolute atomic E-state index is 12.9. The van der Waals surface area contributed by atoms with Crippen molar-refractivity contribution in [3.63, 3.8) is 0 Å². The fourth-order valence-corrected chi connectivity index (χ4v) is 3.72. The Bertz CT molecular complexity index is 857. The van der Waals surface area contributed by atoms with E-state index in [1.807, 2.05) is 11.8 Å². The number of hydrogen-bond donors (Lipinski definition) is 1. The number of nitrogens with zero attached hydrogens (tertiary/aromatic N) is 5. The van der Waals surface area contributed by atoms with Crippen molar-refractivity contribution in [3.8, 4) is 0 Å².